The van der Waals surface area contributed by atoms with E-state index in [-0.39, 0.29) is 5.72 Å². The van der Waals surface area contributed by atoms with Crippen LogP contribution in [0.1, 0.15) is 18.4 Å². The number of furan rings is 1. The van der Waals surface area contributed by atoms with Crippen LogP contribution in [0.4, 0.5) is 0 Å². The maximum absolute atomic E-state index is 5.95. The van der Waals surface area contributed by atoms with Crippen LogP contribution in [0.3, 0.4) is 0 Å². The Bertz CT molecular complexity index is 730. The number of rotatable bonds is 1. The Labute approximate surface area is 122 Å². The minimum Gasteiger partial charge on any atom is -0.464 e. The first-order chi connectivity index (χ1) is 10.3. The van der Waals surface area contributed by atoms with Crippen molar-refractivity contribution >= 4 is 16.8 Å². The number of piperidine rings is 3. The number of hydrogen-bond acceptors (Lipinski definition) is 5. The first-order valence-electron chi connectivity index (χ1n) is 7.56. The number of aliphatic imine (C=N–C) groups is 1. The Morgan fingerprint density at radius 3 is 2.95 bits per heavy atom. The highest BCUT2D eigenvalue weighted by Crippen LogP contribution is 2.41. The quantitative estimate of drug-likeness (QED) is 0.871. The van der Waals surface area contributed by atoms with Crippen LogP contribution in [0.2, 0.25) is 0 Å². The van der Waals surface area contributed by atoms with E-state index in [2.05, 4.69) is 22.5 Å². The topological polar surface area (TPSA) is 50.0 Å². The van der Waals surface area contributed by atoms with Crippen molar-refractivity contribution in [1.29, 1.82) is 0 Å². The molecule has 5 heterocycles. The Morgan fingerprint density at radius 1 is 1.24 bits per heavy atom. The molecule has 2 bridgehead atoms. The molecule has 0 saturated carbocycles. The number of nitrogens with one attached hydrogen (secondary N) is 1. The van der Waals surface area contributed by atoms with Crippen molar-refractivity contribution in [2.75, 3.05) is 19.6 Å². The summed E-state index contributed by atoms with van der Waals surface area (Å²) in [6.45, 7) is 3.26. The van der Waals surface area contributed by atoms with E-state index in [4.69, 9.17) is 14.2 Å². The highest BCUT2D eigenvalue weighted by molar-refractivity contribution is 6.01. The molecule has 0 amide bonds. The zero-order chi connectivity index (χ0) is 13.9. The second-order valence-electron chi connectivity index (χ2n) is 6.23. The van der Waals surface area contributed by atoms with Gasteiger partial charge in [-0.25, -0.2) is 15.3 Å². The monoisotopic (exact) mass is 283 g/mol. The molecule has 3 fully saturated rings. The summed E-state index contributed by atoms with van der Waals surface area (Å²) in [6.07, 6.45) is 4.06. The summed E-state index contributed by atoms with van der Waals surface area (Å²) in [5.41, 5.74) is 4.57. The molecule has 1 N–H and O–H groups in total. The second-order valence-corrected chi connectivity index (χ2v) is 6.23. The van der Waals surface area contributed by atoms with Crippen molar-refractivity contribution < 1.29 is 9.25 Å². The van der Waals surface area contributed by atoms with E-state index >= 15 is 0 Å². The molecule has 1 aromatic carbocycles. The van der Waals surface area contributed by atoms with Gasteiger partial charge in [0.2, 0.25) is 5.72 Å². The number of hydrogen-bond donors (Lipinski definition) is 1. The van der Waals surface area contributed by atoms with Gasteiger partial charge >= 0.3 is 0 Å². The molecular weight excluding hydrogens is 266 g/mol. The normalized spacial score (nSPS) is 34.4. The third-order valence-electron chi connectivity index (χ3n) is 5.03. The molecule has 0 unspecified atom stereocenters. The largest absolute Gasteiger partial charge is 0.464 e. The lowest BCUT2D eigenvalue weighted by molar-refractivity contribution is -0.155. The van der Waals surface area contributed by atoms with E-state index in [1.54, 1.807) is 6.26 Å². The smallest absolute Gasteiger partial charge is 0.202 e. The Morgan fingerprint density at radius 2 is 2.14 bits per heavy atom. The average Bonchev–Trinajstić information content (AvgIpc) is 3.15. The van der Waals surface area contributed by atoms with Crippen LogP contribution in [0.15, 0.2) is 39.9 Å². The van der Waals surface area contributed by atoms with Gasteiger partial charge in [0.05, 0.1) is 12.8 Å². The number of amidine groups is 1. The van der Waals surface area contributed by atoms with Crippen LogP contribution >= 0.6 is 0 Å². The summed E-state index contributed by atoms with van der Waals surface area (Å²) < 4.78 is 5.47. The second kappa shape index (κ2) is 4.08. The third-order valence-corrected chi connectivity index (χ3v) is 5.03. The summed E-state index contributed by atoms with van der Waals surface area (Å²) in [5.74, 6) is 1.35. The SMILES string of the molecule is c1cc2ccc(C3=N[C@]4(CN5CCC4CC5)ON3)cc2o1. The molecule has 1 atom stereocenters. The van der Waals surface area contributed by atoms with Crippen LogP contribution in [0, 0.1) is 5.92 Å². The van der Waals surface area contributed by atoms with Crippen LogP contribution in [-0.4, -0.2) is 36.1 Å². The van der Waals surface area contributed by atoms with Gasteiger partial charge in [-0.05, 0) is 38.1 Å². The van der Waals surface area contributed by atoms with Crippen molar-refractivity contribution in [3.05, 3.63) is 36.1 Å². The van der Waals surface area contributed by atoms with Gasteiger partial charge in [-0.2, -0.15) is 0 Å². The van der Waals surface area contributed by atoms with Crippen LogP contribution < -0.4 is 5.48 Å². The predicted octanol–water partition coefficient (Wildman–Crippen LogP) is 2.14. The maximum Gasteiger partial charge on any atom is 0.202 e. The Kier molecular flexibility index (Phi) is 2.29. The van der Waals surface area contributed by atoms with E-state index in [9.17, 15) is 0 Å². The van der Waals surface area contributed by atoms with Crippen LogP contribution in [0.5, 0.6) is 0 Å². The fourth-order valence-electron chi connectivity index (χ4n) is 3.83. The molecule has 5 nitrogen and oxygen atoms in total. The fraction of sp³-hybridized carbons (Fsp3) is 0.438. The molecule has 3 saturated heterocycles. The molecule has 4 aliphatic rings. The zero-order valence-electron chi connectivity index (χ0n) is 11.7. The van der Waals surface area contributed by atoms with Gasteiger partial charge in [-0.1, -0.05) is 12.1 Å². The summed E-state index contributed by atoms with van der Waals surface area (Å²) in [6, 6.07) is 8.10. The van der Waals surface area contributed by atoms with E-state index in [0.717, 1.165) is 28.9 Å². The van der Waals surface area contributed by atoms with Gasteiger partial charge in [0.1, 0.15) is 5.58 Å². The van der Waals surface area contributed by atoms with E-state index < -0.39 is 0 Å². The van der Waals surface area contributed by atoms with E-state index in [1.807, 2.05) is 12.1 Å². The minimum atomic E-state index is -0.385. The van der Waals surface area contributed by atoms with Crippen molar-refractivity contribution in [1.82, 2.24) is 10.4 Å². The summed E-state index contributed by atoms with van der Waals surface area (Å²) in [5, 5.41) is 1.11. The van der Waals surface area contributed by atoms with Gasteiger partial charge < -0.3 is 4.42 Å². The molecule has 1 aromatic heterocycles. The standard InChI is InChI=1S/C16H17N3O2/c1-2-12(9-14-11(1)5-8-20-14)15-17-16(21-18-15)10-19-6-3-13(16)4-7-19/h1-2,5,8-9,13H,3-4,6-7,10H2,(H,17,18)/t16-/m1/s1. The average molecular weight is 283 g/mol. The Hall–Kier alpha value is -1.85. The molecule has 5 heteroatoms. The number of hydroxylamine groups is 1. The molecule has 21 heavy (non-hydrogen) atoms. The van der Waals surface area contributed by atoms with Gasteiger partial charge in [-0.3, -0.25) is 4.90 Å². The first kappa shape index (κ1) is 11.8. The third kappa shape index (κ3) is 1.68. The number of fused-ring (bicyclic) bond motifs is 3. The lowest BCUT2D eigenvalue weighted by Gasteiger charge is -2.47. The van der Waals surface area contributed by atoms with Crippen molar-refractivity contribution in [2.24, 2.45) is 10.9 Å². The molecule has 4 aliphatic heterocycles. The molecule has 108 valence electrons. The highest BCUT2D eigenvalue weighted by atomic mass is 16.7. The predicted molar refractivity (Wildman–Crippen MR) is 78.9 cm³/mol. The lowest BCUT2D eigenvalue weighted by Crippen LogP contribution is -2.58. The zero-order valence-corrected chi connectivity index (χ0v) is 11.7. The van der Waals surface area contributed by atoms with Gasteiger partial charge in [0.15, 0.2) is 5.84 Å². The lowest BCUT2D eigenvalue weighted by atomic mass is 9.81. The van der Waals surface area contributed by atoms with E-state index in [0.29, 0.717) is 5.92 Å². The summed E-state index contributed by atoms with van der Waals surface area (Å²) in [7, 11) is 0. The van der Waals surface area contributed by atoms with E-state index in [1.165, 1.54) is 25.9 Å². The molecule has 0 radical (unpaired) electrons. The highest BCUT2D eigenvalue weighted by Gasteiger charge is 2.51. The summed E-state index contributed by atoms with van der Waals surface area (Å²) >= 11 is 0. The molecule has 1 spiro atoms. The fourth-order valence-corrected chi connectivity index (χ4v) is 3.83. The molecule has 0 aliphatic carbocycles. The Balaban J connectivity index is 1.53. The number of nitrogens with zero attached hydrogens (tertiary/aromatic N) is 2. The number of benzene rings is 1. The summed E-state index contributed by atoms with van der Waals surface area (Å²) in [4.78, 5) is 13.3. The molecule has 2 aromatic rings. The molecule has 6 rings (SSSR count). The van der Waals surface area contributed by atoms with Gasteiger partial charge in [0.25, 0.3) is 0 Å². The van der Waals surface area contributed by atoms with Crippen LogP contribution in [0.25, 0.3) is 11.0 Å². The van der Waals surface area contributed by atoms with Gasteiger partial charge in [-0.15, -0.1) is 0 Å². The first-order valence-corrected chi connectivity index (χ1v) is 7.56. The maximum atomic E-state index is 5.95. The van der Waals surface area contributed by atoms with Crippen LogP contribution in [-0.2, 0) is 4.84 Å². The minimum absolute atomic E-state index is 0.385. The van der Waals surface area contributed by atoms with Gasteiger partial charge in [0, 0.05) is 16.9 Å². The molecular formula is C16H17N3O2. The van der Waals surface area contributed by atoms with Crippen molar-refractivity contribution in [3.63, 3.8) is 0 Å². The van der Waals surface area contributed by atoms with Crippen molar-refractivity contribution in [2.45, 2.75) is 18.6 Å². The van der Waals surface area contributed by atoms with Crippen molar-refractivity contribution in [3.8, 4) is 0 Å².